The molecule has 21 heavy (non-hydrogen) atoms. The molecule has 2 aromatic heterocycles. The quantitative estimate of drug-likeness (QED) is 0.852. The highest BCUT2D eigenvalue weighted by Crippen LogP contribution is 2.28. The molecule has 1 aliphatic heterocycles. The highest BCUT2D eigenvalue weighted by molar-refractivity contribution is 7.99. The first-order chi connectivity index (χ1) is 10.1. The maximum atomic E-state index is 10.8. The lowest BCUT2D eigenvalue weighted by molar-refractivity contribution is -0.133. The number of rotatable bonds is 5. The fourth-order valence-electron chi connectivity index (χ4n) is 2.62. The van der Waals surface area contributed by atoms with Crippen molar-refractivity contribution in [3.05, 3.63) is 18.5 Å². The average molecular weight is 307 g/mol. The summed E-state index contributed by atoms with van der Waals surface area (Å²) in [4.78, 5) is 19.4. The van der Waals surface area contributed by atoms with Gasteiger partial charge in [-0.2, -0.15) is 0 Å². The van der Waals surface area contributed by atoms with E-state index >= 15 is 0 Å². The van der Waals surface area contributed by atoms with Gasteiger partial charge in [-0.05, 0) is 19.4 Å². The van der Waals surface area contributed by atoms with Crippen LogP contribution in [0.1, 0.15) is 13.3 Å². The number of nitrogens with zero attached hydrogens (tertiary/aromatic N) is 3. The van der Waals surface area contributed by atoms with Gasteiger partial charge in [0.15, 0.2) is 5.16 Å². The minimum absolute atomic E-state index is 0.00741. The van der Waals surface area contributed by atoms with E-state index in [2.05, 4.69) is 21.5 Å². The van der Waals surface area contributed by atoms with Gasteiger partial charge in [-0.3, -0.25) is 9.78 Å². The lowest BCUT2D eigenvalue weighted by atomic mass is 10.0. The Morgan fingerprint density at radius 2 is 2.48 bits per heavy atom. The van der Waals surface area contributed by atoms with Gasteiger partial charge >= 0.3 is 5.97 Å². The number of carboxylic acids is 1. The SMILES string of the molecule is CC1OCCC1Cn1c(SCC(=O)O)nc2cnccc21. The van der Waals surface area contributed by atoms with E-state index in [1.165, 1.54) is 11.8 Å². The van der Waals surface area contributed by atoms with E-state index in [1.54, 1.807) is 12.4 Å². The Bertz CT molecular complexity index is 658. The average Bonchev–Trinajstić information content (AvgIpc) is 3.02. The number of aliphatic carboxylic acids is 1. The van der Waals surface area contributed by atoms with Crippen LogP contribution in [0.25, 0.3) is 11.0 Å². The van der Waals surface area contributed by atoms with Gasteiger partial charge in [-0.25, -0.2) is 4.98 Å². The lowest BCUT2D eigenvalue weighted by Gasteiger charge is -2.16. The molecule has 0 bridgehead atoms. The van der Waals surface area contributed by atoms with Crippen LogP contribution in [0.5, 0.6) is 0 Å². The zero-order valence-corrected chi connectivity index (χ0v) is 12.5. The van der Waals surface area contributed by atoms with Crippen molar-refractivity contribution in [2.45, 2.75) is 31.1 Å². The molecule has 0 spiro atoms. The van der Waals surface area contributed by atoms with E-state index in [0.29, 0.717) is 5.92 Å². The van der Waals surface area contributed by atoms with Gasteiger partial charge in [0.1, 0.15) is 5.52 Å². The van der Waals surface area contributed by atoms with Gasteiger partial charge in [0.25, 0.3) is 0 Å². The fourth-order valence-corrected chi connectivity index (χ4v) is 3.37. The number of hydrogen-bond acceptors (Lipinski definition) is 5. The molecule has 1 aliphatic rings. The van der Waals surface area contributed by atoms with Crippen LogP contribution in [0.15, 0.2) is 23.6 Å². The summed E-state index contributed by atoms with van der Waals surface area (Å²) < 4.78 is 7.72. The Labute approximate surface area is 126 Å². The Morgan fingerprint density at radius 1 is 1.62 bits per heavy atom. The Morgan fingerprint density at radius 3 is 3.19 bits per heavy atom. The van der Waals surface area contributed by atoms with Gasteiger partial charge < -0.3 is 14.4 Å². The summed E-state index contributed by atoms with van der Waals surface area (Å²) in [5.41, 5.74) is 1.80. The van der Waals surface area contributed by atoms with Gasteiger partial charge in [0.2, 0.25) is 0 Å². The largest absolute Gasteiger partial charge is 0.481 e. The first-order valence-electron chi connectivity index (χ1n) is 6.91. The van der Waals surface area contributed by atoms with Crippen molar-refractivity contribution in [1.29, 1.82) is 0 Å². The first kappa shape index (κ1) is 14.3. The molecular weight excluding hydrogens is 290 g/mol. The van der Waals surface area contributed by atoms with Crippen LogP contribution < -0.4 is 0 Å². The summed E-state index contributed by atoms with van der Waals surface area (Å²) in [5.74, 6) is -0.401. The zero-order valence-electron chi connectivity index (χ0n) is 11.7. The number of carbonyl (C=O) groups is 1. The molecule has 3 rings (SSSR count). The van der Waals surface area contributed by atoms with Crippen LogP contribution in [-0.4, -0.2) is 44.1 Å². The number of imidazole rings is 1. The second-order valence-corrected chi connectivity index (χ2v) is 6.12. The second-order valence-electron chi connectivity index (χ2n) is 5.18. The van der Waals surface area contributed by atoms with Crippen LogP contribution in [0.4, 0.5) is 0 Å². The molecule has 0 radical (unpaired) electrons. The molecule has 1 fully saturated rings. The molecule has 1 saturated heterocycles. The van der Waals surface area contributed by atoms with Crippen molar-refractivity contribution in [3.63, 3.8) is 0 Å². The molecular formula is C14H17N3O3S. The predicted molar refractivity (Wildman–Crippen MR) is 79.4 cm³/mol. The molecule has 7 heteroatoms. The van der Waals surface area contributed by atoms with Gasteiger partial charge in [-0.15, -0.1) is 0 Å². The molecule has 6 nitrogen and oxygen atoms in total. The van der Waals surface area contributed by atoms with Crippen molar-refractivity contribution >= 4 is 28.8 Å². The molecule has 1 N–H and O–H groups in total. The Hall–Kier alpha value is -1.60. The van der Waals surface area contributed by atoms with Crippen molar-refractivity contribution in [3.8, 4) is 0 Å². The number of ether oxygens (including phenoxy) is 1. The summed E-state index contributed by atoms with van der Waals surface area (Å²) in [6.07, 6.45) is 4.70. The normalized spacial score (nSPS) is 22.0. The molecule has 0 aliphatic carbocycles. The second kappa shape index (κ2) is 6.03. The van der Waals surface area contributed by atoms with Crippen LogP contribution in [0, 0.1) is 5.92 Å². The van der Waals surface area contributed by atoms with Gasteiger partial charge in [0, 0.05) is 25.3 Å². The van der Waals surface area contributed by atoms with Crippen molar-refractivity contribution < 1.29 is 14.6 Å². The maximum absolute atomic E-state index is 10.8. The van der Waals surface area contributed by atoms with Crippen LogP contribution in [0.2, 0.25) is 0 Å². The molecule has 112 valence electrons. The van der Waals surface area contributed by atoms with E-state index in [-0.39, 0.29) is 11.9 Å². The molecule has 2 atom stereocenters. The summed E-state index contributed by atoms with van der Waals surface area (Å²) in [6.45, 7) is 3.67. The third-order valence-electron chi connectivity index (χ3n) is 3.79. The number of hydrogen-bond donors (Lipinski definition) is 1. The molecule has 3 heterocycles. The van der Waals surface area contributed by atoms with Gasteiger partial charge in [-0.1, -0.05) is 11.8 Å². The van der Waals surface area contributed by atoms with Crippen molar-refractivity contribution in [2.75, 3.05) is 12.4 Å². The highest BCUT2D eigenvalue weighted by atomic mass is 32.2. The minimum atomic E-state index is -0.839. The number of aromatic nitrogens is 3. The number of fused-ring (bicyclic) bond motifs is 1. The summed E-state index contributed by atoms with van der Waals surface area (Å²) in [7, 11) is 0. The van der Waals surface area contributed by atoms with Crippen LogP contribution >= 0.6 is 11.8 Å². The number of pyridine rings is 1. The number of carboxylic acid groups (broad SMARTS) is 1. The maximum Gasteiger partial charge on any atom is 0.313 e. The van der Waals surface area contributed by atoms with E-state index < -0.39 is 5.97 Å². The van der Waals surface area contributed by atoms with E-state index in [0.717, 1.165) is 35.8 Å². The highest BCUT2D eigenvalue weighted by Gasteiger charge is 2.26. The zero-order chi connectivity index (χ0) is 14.8. The van der Waals surface area contributed by atoms with E-state index in [1.807, 2.05) is 6.07 Å². The molecule has 0 aromatic carbocycles. The van der Waals surface area contributed by atoms with Crippen molar-refractivity contribution in [1.82, 2.24) is 14.5 Å². The third-order valence-corrected chi connectivity index (χ3v) is 4.75. The Kier molecular flexibility index (Phi) is 4.12. The third kappa shape index (κ3) is 3.03. The van der Waals surface area contributed by atoms with Crippen molar-refractivity contribution in [2.24, 2.45) is 5.92 Å². The topological polar surface area (TPSA) is 77.2 Å². The first-order valence-corrected chi connectivity index (χ1v) is 7.90. The molecule has 0 amide bonds. The fraction of sp³-hybridized carbons (Fsp3) is 0.500. The minimum Gasteiger partial charge on any atom is -0.481 e. The summed E-state index contributed by atoms with van der Waals surface area (Å²) in [5, 5.41) is 9.61. The molecule has 2 unspecified atom stereocenters. The smallest absolute Gasteiger partial charge is 0.313 e. The monoisotopic (exact) mass is 307 g/mol. The lowest BCUT2D eigenvalue weighted by Crippen LogP contribution is -2.18. The predicted octanol–water partition coefficient (Wildman–Crippen LogP) is 2.03. The Balaban J connectivity index is 1.92. The summed E-state index contributed by atoms with van der Waals surface area (Å²) in [6, 6.07) is 1.92. The van der Waals surface area contributed by atoms with E-state index in [4.69, 9.17) is 9.84 Å². The summed E-state index contributed by atoms with van der Waals surface area (Å²) >= 11 is 1.25. The standard InChI is InChI=1S/C14H17N3O3S/c1-9-10(3-5-20-9)7-17-12-2-4-15-6-11(12)16-14(17)21-8-13(18)19/h2,4,6,9-10H,3,5,7-8H2,1H3,(H,18,19). The van der Waals surface area contributed by atoms with E-state index in [9.17, 15) is 4.79 Å². The van der Waals surface area contributed by atoms with Crippen LogP contribution in [0.3, 0.4) is 0 Å². The number of thioether (sulfide) groups is 1. The van der Waals surface area contributed by atoms with Crippen LogP contribution in [-0.2, 0) is 16.1 Å². The molecule has 2 aromatic rings. The van der Waals surface area contributed by atoms with Gasteiger partial charge in [0.05, 0.1) is 23.6 Å². The molecule has 0 saturated carbocycles.